The molecule has 0 aromatic carbocycles. The first-order valence-corrected chi connectivity index (χ1v) is 6.35. The second kappa shape index (κ2) is 7.06. The molecule has 1 N–H and O–H groups in total. The Balaban J connectivity index is 0.00000180. The Morgan fingerprint density at radius 2 is 2.26 bits per heavy atom. The van der Waals surface area contributed by atoms with Crippen molar-refractivity contribution < 1.29 is 9.53 Å². The van der Waals surface area contributed by atoms with E-state index in [9.17, 15) is 4.79 Å². The fourth-order valence-electron chi connectivity index (χ4n) is 1.38. The van der Waals surface area contributed by atoms with E-state index in [1.54, 1.807) is 20.0 Å². The van der Waals surface area contributed by atoms with Gasteiger partial charge in [-0.05, 0) is 26.0 Å². The molecule has 0 fully saturated rings. The number of thiazole rings is 1. The van der Waals surface area contributed by atoms with E-state index in [0.717, 1.165) is 0 Å². The zero-order valence-corrected chi connectivity index (χ0v) is 12.2. The van der Waals surface area contributed by atoms with Gasteiger partial charge >= 0.3 is 5.97 Å². The normalized spacial score (nSPS) is 9.58. The Morgan fingerprint density at radius 3 is 2.89 bits per heavy atom. The van der Waals surface area contributed by atoms with Crippen LogP contribution in [-0.2, 0) is 4.74 Å². The van der Waals surface area contributed by atoms with Crippen LogP contribution in [0.4, 0.5) is 10.9 Å². The maximum atomic E-state index is 11.6. The first-order valence-electron chi connectivity index (χ1n) is 5.53. The first kappa shape index (κ1) is 15.4. The van der Waals surface area contributed by atoms with E-state index in [2.05, 4.69) is 15.3 Å². The molecule has 5 nitrogen and oxygen atoms in total. The van der Waals surface area contributed by atoms with Gasteiger partial charge in [-0.1, -0.05) is 17.4 Å². The summed E-state index contributed by atoms with van der Waals surface area (Å²) in [5.41, 5.74) is 0.664. The summed E-state index contributed by atoms with van der Waals surface area (Å²) >= 11 is 1.27. The van der Waals surface area contributed by atoms with Crippen LogP contribution in [0.25, 0.3) is 0 Å². The minimum Gasteiger partial charge on any atom is -0.462 e. The highest BCUT2D eigenvalue weighted by Gasteiger charge is 2.16. The molecule has 0 amide bonds. The van der Waals surface area contributed by atoms with Crippen molar-refractivity contribution in [3.8, 4) is 0 Å². The predicted molar refractivity (Wildman–Crippen MR) is 77.6 cm³/mol. The van der Waals surface area contributed by atoms with Crippen LogP contribution in [0.2, 0.25) is 0 Å². The van der Waals surface area contributed by atoms with Crippen LogP contribution in [0.1, 0.15) is 22.3 Å². The van der Waals surface area contributed by atoms with Crippen molar-refractivity contribution in [3.63, 3.8) is 0 Å². The van der Waals surface area contributed by atoms with Gasteiger partial charge < -0.3 is 10.1 Å². The molecule has 102 valence electrons. The SMILES string of the molecule is CCOC(=O)c1sc(Nc2ccccn2)nc1C.Cl. The van der Waals surface area contributed by atoms with Gasteiger partial charge in [0.05, 0.1) is 12.3 Å². The van der Waals surface area contributed by atoms with Crippen molar-refractivity contribution in [2.45, 2.75) is 13.8 Å². The number of ether oxygens (including phenoxy) is 1. The topological polar surface area (TPSA) is 64.1 Å². The van der Waals surface area contributed by atoms with E-state index in [1.165, 1.54) is 11.3 Å². The molecule has 2 aromatic rings. The minimum absolute atomic E-state index is 0. The smallest absolute Gasteiger partial charge is 0.350 e. The average Bonchev–Trinajstić information content (AvgIpc) is 2.72. The minimum atomic E-state index is -0.332. The van der Waals surface area contributed by atoms with Gasteiger partial charge in [-0.2, -0.15) is 0 Å². The lowest BCUT2D eigenvalue weighted by molar-refractivity contribution is 0.0531. The molecule has 0 saturated heterocycles. The number of anilines is 2. The Labute approximate surface area is 121 Å². The summed E-state index contributed by atoms with van der Waals surface area (Å²) in [6.45, 7) is 3.92. The quantitative estimate of drug-likeness (QED) is 0.878. The van der Waals surface area contributed by atoms with Crippen LogP contribution in [-0.4, -0.2) is 22.5 Å². The van der Waals surface area contributed by atoms with Gasteiger partial charge in [0.25, 0.3) is 0 Å². The molecule has 0 saturated carbocycles. The van der Waals surface area contributed by atoms with Crippen LogP contribution < -0.4 is 5.32 Å². The third-order valence-corrected chi connectivity index (χ3v) is 3.21. The molecule has 0 aliphatic carbocycles. The molecule has 2 aromatic heterocycles. The lowest BCUT2D eigenvalue weighted by Crippen LogP contribution is -2.03. The van der Waals surface area contributed by atoms with Crippen molar-refractivity contribution in [3.05, 3.63) is 35.0 Å². The monoisotopic (exact) mass is 299 g/mol. The Kier molecular flexibility index (Phi) is 5.72. The molecule has 0 aliphatic heterocycles. The number of hydrogen-bond donors (Lipinski definition) is 1. The summed E-state index contributed by atoms with van der Waals surface area (Å²) in [6, 6.07) is 5.55. The molecule has 2 heterocycles. The second-order valence-corrected chi connectivity index (χ2v) is 4.49. The third-order valence-electron chi connectivity index (χ3n) is 2.16. The zero-order chi connectivity index (χ0) is 13.0. The van der Waals surface area contributed by atoms with Crippen LogP contribution in [0.5, 0.6) is 0 Å². The van der Waals surface area contributed by atoms with Gasteiger partial charge in [0, 0.05) is 6.20 Å². The number of pyridine rings is 1. The van der Waals surface area contributed by atoms with Gasteiger partial charge in [-0.3, -0.25) is 0 Å². The van der Waals surface area contributed by atoms with E-state index >= 15 is 0 Å². The summed E-state index contributed by atoms with van der Waals surface area (Å²) in [5.74, 6) is 0.364. The van der Waals surface area contributed by atoms with Crippen molar-refractivity contribution in [2.24, 2.45) is 0 Å². The predicted octanol–water partition coefficient (Wildman–Crippen LogP) is 3.19. The number of aromatic nitrogens is 2. The highest BCUT2D eigenvalue weighted by Crippen LogP contribution is 2.25. The van der Waals surface area contributed by atoms with Crippen LogP contribution in [0.15, 0.2) is 24.4 Å². The lowest BCUT2D eigenvalue weighted by atomic mass is 10.4. The molecule has 0 atom stereocenters. The molecular weight excluding hydrogens is 286 g/mol. The number of hydrogen-bond acceptors (Lipinski definition) is 6. The molecule has 0 spiro atoms. The van der Waals surface area contributed by atoms with Gasteiger partial charge in [0.2, 0.25) is 0 Å². The third kappa shape index (κ3) is 3.90. The number of carbonyl (C=O) groups is 1. The van der Waals surface area contributed by atoms with Crippen LogP contribution >= 0.6 is 23.7 Å². The van der Waals surface area contributed by atoms with Gasteiger partial charge in [0.15, 0.2) is 5.13 Å². The number of carbonyl (C=O) groups excluding carboxylic acids is 1. The van der Waals surface area contributed by atoms with Gasteiger partial charge in [-0.25, -0.2) is 14.8 Å². The molecule has 0 unspecified atom stereocenters. The summed E-state index contributed by atoms with van der Waals surface area (Å²) in [4.78, 5) is 20.6. The fraction of sp³-hybridized carbons (Fsp3) is 0.250. The van der Waals surface area contributed by atoms with E-state index in [1.807, 2.05) is 18.2 Å². The number of nitrogens with one attached hydrogen (secondary N) is 1. The summed E-state index contributed by atoms with van der Waals surface area (Å²) in [6.07, 6.45) is 1.69. The molecule has 7 heteroatoms. The van der Waals surface area contributed by atoms with Gasteiger partial charge in [-0.15, -0.1) is 12.4 Å². The number of aryl methyl sites for hydroxylation is 1. The molecule has 0 bridgehead atoms. The number of rotatable bonds is 4. The maximum Gasteiger partial charge on any atom is 0.350 e. The van der Waals surface area contributed by atoms with E-state index in [4.69, 9.17) is 4.74 Å². The van der Waals surface area contributed by atoms with Gasteiger partial charge in [0.1, 0.15) is 10.7 Å². The standard InChI is InChI=1S/C12H13N3O2S.ClH/c1-3-17-11(16)10-8(2)14-12(18-10)15-9-6-4-5-7-13-9;/h4-7H,3H2,1-2H3,(H,13,14,15);1H. The number of halogens is 1. The summed E-state index contributed by atoms with van der Waals surface area (Å²) < 4.78 is 4.96. The van der Waals surface area contributed by atoms with Crippen LogP contribution in [0.3, 0.4) is 0 Å². The fourth-order valence-corrected chi connectivity index (χ4v) is 2.25. The first-order chi connectivity index (χ1) is 8.70. The second-order valence-electron chi connectivity index (χ2n) is 3.49. The van der Waals surface area contributed by atoms with Crippen molar-refractivity contribution in [1.82, 2.24) is 9.97 Å². The number of esters is 1. The molecule has 19 heavy (non-hydrogen) atoms. The Morgan fingerprint density at radius 1 is 1.47 bits per heavy atom. The van der Waals surface area contributed by atoms with Crippen molar-refractivity contribution in [2.75, 3.05) is 11.9 Å². The van der Waals surface area contributed by atoms with Crippen LogP contribution in [0, 0.1) is 6.92 Å². The zero-order valence-electron chi connectivity index (χ0n) is 10.5. The van der Waals surface area contributed by atoms with Crippen molar-refractivity contribution >= 4 is 40.7 Å². The molecule has 0 radical (unpaired) electrons. The lowest BCUT2D eigenvalue weighted by Gasteiger charge is -1.99. The van der Waals surface area contributed by atoms with E-state index in [0.29, 0.717) is 28.1 Å². The highest BCUT2D eigenvalue weighted by molar-refractivity contribution is 7.17. The summed E-state index contributed by atoms with van der Waals surface area (Å²) in [5, 5.41) is 3.68. The Bertz CT molecular complexity index is 545. The van der Waals surface area contributed by atoms with E-state index < -0.39 is 0 Å². The van der Waals surface area contributed by atoms with Crippen molar-refractivity contribution in [1.29, 1.82) is 0 Å². The highest BCUT2D eigenvalue weighted by atomic mass is 35.5. The maximum absolute atomic E-state index is 11.6. The largest absolute Gasteiger partial charge is 0.462 e. The average molecular weight is 300 g/mol. The summed E-state index contributed by atoms with van der Waals surface area (Å²) in [7, 11) is 0. The Hall–Kier alpha value is -1.66. The molecular formula is C12H14ClN3O2S. The molecule has 0 aliphatic rings. The molecule has 2 rings (SSSR count). The van der Waals surface area contributed by atoms with E-state index in [-0.39, 0.29) is 18.4 Å². The number of nitrogens with zero attached hydrogens (tertiary/aromatic N) is 2.